The van der Waals surface area contributed by atoms with Crippen molar-refractivity contribution in [2.24, 2.45) is 0 Å². The Hall–Kier alpha value is -0.800. The minimum Gasteiger partial charge on any atom is -0.379 e. The molecule has 16 heavy (non-hydrogen) atoms. The quantitative estimate of drug-likeness (QED) is 0.854. The smallest absolute Gasteiger partial charge is 0.0594 e. The molecule has 3 heteroatoms. The van der Waals surface area contributed by atoms with Crippen molar-refractivity contribution in [1.29, 1.82) is 0 Å². The van der Waals surface area contributed by atoms with E-state index < -0.39 is 0 Å². The van der Waals surface area contributed by atoms with E-state index in [2.05, 4.69) is 23.7 Å². The highest BCUT2D eigenvalue weighted by Gasteiger charge is 2.15. The topological polar surface area (TPSA) is 28.3 Å². The number of rotatable bonds is 3. The summed E-state index contributed by atoms with van der Waals surface area (Å²) in [6, 6.07) is 4.64. The summed E-state index contributed by atoms with van der Waals surface area (Å²) in [6.07, 6.45) is 6.36. The monoisotopic (exact) mass is 224 g/mol. The minimum atomic E-state index is 0.754. The Labute approximate surface area is 98.8 Å². The van der Waals surface area contributed by atoms with Crippen LogP contribution in [0.3, 0.4) is 0 Å². The molecule has 2 heterocycles. The van der Waals surface area contributed by atoms with Gasteiger partial charge < -0.3 is 9.72 Å². The third-order valence-electron chi connectivity index (χ3n) is 2.87. The minimum absolute atomic E-state index is 0.754. The summed E-state index contributed by atoms with van der Waals surface area (Å²) in [5.41, 5.74) is 0. The Morgan fingerprint density at radius 3 is 2.31 bits per heavy atom. The van der Waals surface area contributed by atoms with E-state index in [1.165, 1.54) is 12.8 Å². The van der Waals surface area contributed by atoms with E-state index in [-0.39, 0.29) is 0 Å². The van der Waals surface area contributed by atoms with Crippen LogP contribution in [0.4, 0.5) is 0 Å². The van der Waals surface area contributed by atoms with Gasteiger partial charge in [-0.25, -0.2) is 0 Å². The van der Waals surface area contributed by atoms with Crippen LogP contribution in [0.2, 0.25) is 0 Å². The fourth-order valence-corrected chi connectivity index (χ4v) is 1.90. The van der Waals surface area contributed by atoms with Crippen LogP contribution in [-0.2, 0) is 4.74 Å². The average molecular weight is 224 g/mol. The molecule has 1 N–H and O–H groups in total. The first-order chi connectivity index (χ1) is 7.84. The molecule has 3 nitrogen and oxygen atoms in total. The molecule has 1 aromatic heterocycles. The van der Waals surface area contributed by atoms with Crippen molar-refractivity contribution in [2.45, 2.75) is 32.7 Å². The molecule has 0 bridgehead atoms. The van der Waals surface area contributed by atoms with E-state index in [1.807, 2.05) is 24.5 Å². The number of aromatic nitrogens is 1. The lowest BCUT2D eigenvalue weighted by Gasteiger charge is -2.32. The second-order valence-corrected chi connectivity index (χ2v) is 4.17. The van der Waals surface area contributed by atoms with Crippen LogP contribution in [-0.4, -0.2) is 42.2 Å². The summed E-state index contributed by atoms with van der Waals surface area (Å²) in [7, 11) is 0. The molecule has 1 fully saturated rings. The molecular formula is C13H24N2O. The average Bonchev–Trinajstić information content (AvgIpc) is 2.89. The van der Waals surface area contributed by atoms with E-state index in [0.29, 0.717) is 0 Å². The van der Waals surface area contributed by atoms with Crippen molar-refractivity contribution in [2.75, 3.05) is 26.3 Å². The molecule has 1 aromatic rings. The lowest BCUT2D eigenvalue weighted by Crippen LogP contribution is -2.41. The van der Waals surface area contributed by atoms with E-state index in [1.54, 1.807) is 0 Å². The maximum absolute atomic E-state index is 5.29. The Balaban J connectivity index is 0.000000212. The van der Waals surface area contributed by atoms with Crippen molar-refractivity contribution in [3.05, 3.63) is 24.5 Å². The number of nitrogens with zero attached hydrogens (tertiary/aromatic N) is 1. The molecule has 92 valence electrons. The summed E-state index contributed by atoms with van der Waals surface area (Å²) < 4.78 is 5.29. The van der Waals surface area contributed by atoms with Gasteiger partial charge in [-0.3, -0.25) is 4.90 Å². The SMILES string of the molecule is CCCC(C)N1CCOCC1.c1cc[nH]c1. The number of hydrogen-bond acceptors (Lipinski definition) is 2. The van der Waals surface area contributed by atoms with Gasteiger partial charge in [0.25, 0.3) is 0 Å². The predicted octanol–water partition coefficient (Wildman–Crippen LogP) is 2.52. The van der Waals surface area contributed by atoms with Crippen molar-refractivity contribution >= 4 is 0 Å². The third kappa shape index (κ3) is 5.33. The van der Waals surface area contributed by atoms with Crippen LogP contribution in [0, 0.1) is 0 Å². The van der Waals surface area contributed by atoms with E-state index >= 15 is 0 Å². The van der Waals surface area contributed by atoms with Gasteiger partial charge in [-0.05, 0) is 25.5 Å². The van der Waals surface area contributed by atoms with Gasteiger partial charge in [0.05, 0.1) is 13.2 Å². The number of morpholine rings is 1. The van der Waals surface area contributed by atoms with E-state index in [0.717, 1.165) is 32.3 Å². The molecule has 2 rings (SSSR count). The zero-order valence-corrected chi connectivity index (χ0v) is 10.5. The third-order valence-corrected chi connectivity index (χ3v) is 2.87. The van der Waals surface area contributed by atoms with Gasteiger partial charge >= 0.3 is 0 Å². The molecule has 0 saturated carbocycles. The van der Waals surface area contributed by atoms with Crippen LogP contribution < -0.4 is 0 Å². The van der Waals surface area contributed by atoms with Crippen molar-refractivity contribution in [1.82, 2.24) is 9.88 Å². The maximum atomic E-state index is 5.29. The van der Waals surface area contributed by atoms with Crippen molar-refractivity contribution in [3.63, 3.8) is 0 Å². The molecule has 1 aliphatic heterocycles. The molecule has 1 atom stereocenters. The number of ether oxygens (including phenoxy) is 1. The first kappa shape index (κ1) is 13.3. The predicted molar refractivity (Wildman–Crippen MR) is 67.6 cm³/mol. The molecule has 0 radical (unpaired) electrons. The van der Waals surface area contributed by atoms with Gasteiger partial charge in [-0.1, -0.05) is 13.3 Å². The zero-order valence-electron chi connectivity index (χ0n) is 10.5. The largest absolute Gasteiger partial charge is 0.379 e. The fraction of sp³-hybridized carbons (Fsp3) is 0.692. The first-order valence-corrected chi connectivity index (χ1v) is 6.24. The highest BCUT2D eigenvalue weighted by Crippen LogP contribution is 2.08. The molecular weight excluding hydrogens is 200 g/mol. The Morgan fingerprint density at radius 2 is 1.88 bits per heavy atom. The Kier molecular flexibility index (Phi) is 6.93. The molecule has 1 unspecified atom stereocenters. The molecule has 0 aliphatic carbocycles. The summed E-state index contributed by atoms with van der Waals surface area (Å²) in [5, 5.41) is 0. The van der Waals surface area contributed by atoms with Crippen LogP contribution in [0.5, 0.6) is 0 Å². The second-order valence-electron chi connectivity index (χ2n) is 4.17. The van der Waals surface area contributed by atoms with Gasteiger partial charge in [0.2, 0.25) is 0 Å². The van der Waals surface area contributed by atoms with Gasteiger partial charge in [0.1, 0.15) is 0 Å². The summed E-state index contributed by atoms with van der Waals surface area (Å²) >= 11 is 0. The first-order valence-electron chi connectivity index (χ1n) is 6.24. The number of nitrogens with one attached hydrogen (secondary N) is 1. The van der Waals surface area contributed by atoms with Crippen LogP contribution >= 0.6 is 0 Å². The molecule has 0 aromatic carbocycles. The number of H-pyrrole nitrogens is 1. The van der Waals surface area contributed by atoms with Crippen LogP contribution in [0.1, 0.15) is 26.7 Å². The van der Waals surface area contributed by atoms with Crippen LogP contribution in [0.15, 0.2) is 24.5 Å². The lowest BCUT2D eigenvalue weighted by atomic mass is 10.1. The van der Waals surface area contributed by atoms with Gasteiger partial charge in [-0.2, -0.15) is 0 Å². The Morgan fingerprint density at radius 1 is 1.25 bits per heavy atom. The van der Waals surface area contributed by atoms with E-state index in [4.69, 9.17) is 4.74 Å². The highest BCUT2D eigenvalue weighted by atomic mass is 16.5. The number of aromatic amines is 1. The second kappa shape index (κ2) is 8.36. The fourth-order valence-electron chi connectivity index (χ4n) is 1.90. The maximum Gasteiger partial charge on any atom is 0.0594 e. The highest BCUT2D eigenvalue weighted by molar-refractivity contribution is 4.84. The van der Waals surface area contributed by atoms with Crippen LogP contribution in [0.25, 0.3) is 0 Å². The standard InChI is InChI=1S/C9H19NO.C4H5N/c1-3-4-9(2)10-5-7-11-8-6-10;1-2-4-5-3-1/h9H,3-8H2,1-2H3;1-5H. The summed E-state index contributed by atoms with van der Waals surface area (Å²) in [4.78, 5) is 5.38. The number of hydrogen-bond donors (Lipinski definition) is 1. The van der Waals surface area contributed by atoms with Gasteiger partial charge in [0, 0.05) is 31.5 Å². The van der Waals surface area contributed by atoms with Gasteiger partial charge in [-0.15, -0.1) is 0 Å². The summed E-state index contributed by atoms with van der Waals surface area (Å²) in [6.45, 7) is 8.66. The normalized spacial score (nSPS) is 18.6. The van der Waals surface area contributed by atoms with E-state index in [9.17, 15) is 0 Å². The van der Waals surface area contributed by atoms with Crippen molar-refractivity contribution < 1.29 is 4.74 Å². The Bertz CT molecular complexity index is 213. The zero-order chi connectivity index (χ0) is 11.6. The van der Waals surface area contributed by atoms with Gasteiger partial charge in [0.15, 0.2) is 0 Å². The molecule has 0 spiro atoms. The summed E-state index contributed by atoms with van der Waals surface area (Å²) in [5.74, 6) is 0. The molecule has 1 saturated heterocycles. The van der Waals surface area contributed by atoms with Crippen molar-refractivity contribution in [3.8, 4) is 0 Å². The molecule has 0 amide bonds. The molecule has 1 aliphatic rings. The lowest BCUT2D eigenvalue weighted by molar-refractivity contribution is 0.0185.